The number of benzene rings is 2. The van der Waals surface area contributed by atoms with Crippen LogP contribution in [0.15, 0.2) is 60.8 Å². The molecule has 2 aliphatic carbocycles. The van der Waals surface area contributed by atoms with E-state index < -0.39 is 48.1 Å². The highest BCUT2D eigenvalue weighted by Crippen LogP contribution is 2.48. The number of rotatable bonds is 4. The Morgan fingerprint density at radius 2 is 1.74 bits per heavy atom. The molecule has 1 saturated heterocycles. The minimum Gasteiger partial charge on any atom is -0.325 e. The van der Waals surface area contributed by atoms with Crippen LogP contribution in [-0.4, -0.2) is 57.8 Å². The van der Waals surface area contributed by atoms with Crippen LogP contribution in [0, 0.1) is 0 Å². The molecule has 1 aromatic heterocycles. The maximum absolute atomic E-state index is 13.6. The largest absolute Gasteiger partial charge is 0.406 e. The minimum absolute atomic E-state index is 0.107. The van der Waals surface area contributed by atoms with Gasteiger partial charge in [0.15, 0.2) is 0 Å². The highest BCUT2D eigenvalue weighted by atomic mass is 19.4. The van der Waals surface area contributed by atoms with Crippen molar-refractivity contribution >= 4 is 35.3 Å². The molecule has 3 aromatic rings. The number of aromatic nitrogens is 1. The van der Waals surface area contributed by atoms with E-state index >= 15 is 0 Å². The number of pyridine rings is 1. The second-order valence-electron chi connectivity index (χ2n) is 11.6. The van der Waals surface area contributed by atoms with E-state index in [4.69, 9.17) is 0 Å². The molecule has 0 bridgehead atoms. The SMILES string of the molecule is O=C(CN1C(=O)N(CC(F)(F)F)C(=O)C12CCCc1ccccc12)Nc1ccc2c(c1)C[C@@]1(C2)C(=O)Nc2ncccc21. The Labute approximate surface area is 244 Å². The molecule has 1 fully saturated rings. The molecule has 7 rings (SSSR count). The molecule has 2 atom stereocenters. The first kappa shape index (κ1) is 27.1. The molecule has 1 unspecified atom stereocenters. The molecule has 12 heteroatoms. The number of urea groups is 1. The van der Waals surface area contributed by atoms with Gasteiger partial charge in [0.05, 0.1) is 5.41 Å². The zero-order chi connectivity index (χ0) is 30.1. The lowest BCUT2D eigenvalue weighted by atomic mass is 9.75. The molecule has 2 N–H and O–H groups in total. The van der Waals surface area contributed by atoms with Gasteiger partial charge in [-0.1, -0.05) is 36.4 Å². The van der Waals surface area contributed by atoms with Crippen molar-refractivity contribution in [2.24, 2.45) is 0 Å². The number of carbonyl (C=O) groups excluding carboxylic acids is 4. The van der Waals surface area contributed by atoms with Crippen molar-refractivity contribution in [2.45, 2.75) is 49.2 Å². The Balaban J connectivity index is 1.16. The molecule has 4 aliphatic rings. The van der Waals surface area contributed by atoms with E-state index in [1.807, 2.05) is 12.1 Å². The van der Waals surface area contributed by atoms with Crippen molar-refractivity contribution in [1.82, 2.24) is 14.8 Å². The summed E-state index contributed by atoms with van der Waals surface area (Å²) in [5.74, 6) is -1.22. The van der Waals surface area contributed by atoms with Crippen molar-refractivity contribution in [2.75, 3.05) is 23.7 Å². The third-order valence-electron chi connectivity index (χ3n) is 9.07. The van der Waals surface area contributed by atoms with Gasteiger partial charge < -0.3 is 10.6 Å². The number of alkyl halides is 3. The quantitative estimate of drug-likeness (QED) is 0.446. The molecular formula is C31H26F3N5O4. The number of carbonyl (C=O) groups is 4. The van der Waals surface area contributed by atoms with Gasteiger partial charge in [0.2, 0.25) is 11.8 Å². The maximum atomic E-state index is 13.6. The molecule has 0 radical (unpaired) electrons. The summed E-state index contributed by atoms with van der Waals surface area (Å²) in [5, 5.41) is 5.61. The fraction of sp³-hybridized carbons (Fsp3) is 0.323. The number of imide groups is 1. The summed E-state index contributed by atoms with van der Waals surface area (Å²) in [6, 6.07) is 14.7. The standard InChI is InChI=1S/C31H26F3N5O4/c32-31(33,34)17-38-27(42)30(11-3-6-18-5-1-2-7-22(18)30)39(28(38)43)16-24(40)36-21-10-9-19-14-29(15-20(19)13-21)23-8-4-12-35-25(23)37-26(29)41/h1-2,4-5,7-10,12-13H,3,6,11,14-17H2,(H,36,40)(H,35,37,41)/t29-,30?/m1/s1. The Morgan fingerprint density at radius 3 is 2.56 bits per heavy atom. The third kappa shape index (κ3) is 4.10. The number of nitrogens with one attached hydrogen (secondary N) is 2. The lowest BCUT2D eigenvalue weighted by Gasteiger charge is -2.39. The zero-order valence-electron chi connectivity index (χ0n) is 22.8. The van der Waals surface area contributed by atoms with Crippen LogP contribution in [0.25, 0.3) is 0 Å². The maximum Gasteiger partial charge on any atom is 0.406 e. The van der Waals surface area contributed by atoms with Gasteiger partial charge in [-0.25, -0.2) is 9.78 Å². The van der Waals surface area contributed by atoms with Gasteiger partial charge in [0.1, 0.15) is 24.4 Å². The average Bonchev–Trinajstić information content (AvgIpc) is 3.55. The van der Waals surface area contributed by atoms with Gasteiger partial charge in [-0.15, -0.1) is 0 Å². The predicted molar refractivity (Wildman–Crippen MR) is 148 cm³/mol. The fourth-order valence-corrected chi connectivity index (χ4v) is 7.26. The lowest BCUT2D eigenvalue weighted by Crippen LogP contribution is -2.51. The minimum atomic E-state index is -4.80. The van der Waals surface area contributed by atoms with E-state index in [-0.39, 0.29) is 17.2 Å². The van der Waals surface area contributed by atoms with Crippen molar-refractivity contribution in [3.8, 4) is 0 Å². The smallest absolute Gasteiger partial charge is 0.325 e. The van der Waals surface area contributed by atoms with Crippen LogP contribution in [0.2, 0.25) is 0 Å². The second kappa shape index (κ2) is 9.38. The van der Waals surface area contributed by atoms with Gasteiger partial charge in [-0.05, 0) is 72.6 Å². The summed E-state index contributed by atoms with van der Waals surface area (Å²) >= 11 is 0. The van der Waals surface area contributed by atoms with Gasteiger partial charge in [-0.2, -0.15) is 13.2 Å². The van der Waals surface area contributed by atoms with E-state index in [0.29, 0.717) is 42.8 Å². The second-order valence-corrected chi connectivity index (χ2v) is 11.6. The van der Waals surface area contributed by atoms with Crippen LogP contribution in [0.4, 0.5) is 29.5 Å². The van der Waals surface area contributed by atoms with Gasteiger partial charge in [0.25, 0.3) is 5.91 Å². The molecule has 43 heavy (non-hydrogen) atoms. The zero-order valence-corrected chi connectivity index (χ0v) is 22.8. The Kier molecular flexibility index (Phi) is 5.92. The molecule has 9 nitrogen and oxygen atoms in total. The van der Waals surface area contributed by atoms with Crippen molar-refractivity contribution in [3.05, 3.63) is 88.6 Å². The number of amides is 5. The summed E-state index contributed by atoms with van der Waals surface area (Å²) in [6.45, 7) is -2.35. The van der Waals surface area contributed by atoms with Crippen molar-refractivity contribution < 1.29 is 32.3 Å². The number of aryl methyl sites for hydroxylation is 1. The van der Waals surface area contributed by atoms with Crippen LogP contribution >= 0.6 is 0 Å². The van der Waals surface area contributed by atoms with Crippen LogP contribution in [0.1, 0.15) is 40.7 Å². The van der Waals surface area contributed by atoms with Crippen LogP contribution in [-0.2, 0) is 44.6 Å². The number of nitrogens with zero attached hydrogens (tertiary/aromatic N) is 3. The fourth-order valence-electron chi connectivity index (χ4n) is 7.26. The number of anilines is 2. The molecule has 0 saturated carbocycles. The summed E-state index contributed by atoms with van der Waals surface area (Å²) in [4.78, 5) is 58.9. The van der Waals surface area contributed by atoms with Gasteiger partial charge in [-0.3, -0.25) is 24.2 Å². The molecular weight excluding hydrogens is 563 g/mol. The van der Waals surface area contributed by atoms with E-state index in [1.165, 1.54) is 0 Å². The summed E-state index contributed by atoms with van der Waals surface area (Å²) in [7, 11) is 0. The number of hydrogen-bond donors (Lipinski definition) is 2. The molecule has 220 valence electrons. The normalized spacial score (nSPS) is 23.9. The van der Waals surface area contributed by atoms with Gasteiger partial charge >= 0.3 is 12.2 Å². The van der Waals surface area contributed by atoms with Crippen molar-refractivity contribution in [1.29, 1.82) is 0 Å². The number of hydrogen-bond acceptors (Lipinski definition) is 5. The van der Waals surface area contributed by atoms with Crippen LogP contribution in [0.3, 0.4) is 0 Å². The molecule has 3 heterocycles. The average molecular weight is 590 g/mol. The first-order valence-electron chi connectivity index (χ1n) is 14.0. The Bertz CT molecular complexity index is 1730. The van der Waals surface area contributed by atoms with Gasteiger partial charge in [0, 0.05) is 17.4 Å². The van der Waals surface area contributed by atoms with Crippen LogP contribution < -0.4 is 10.6 Å². The van der Waals surface area contributed by atoms with E-state index in [0.717, 1.165) is 27.2 Å². The first-order chi connectivity index (χ1) is 20.5. The summed E-state index contributed by atoms with van der Waals surface area (Å²) in [5.41, 5.74) is 1.76. The topological polar surface area (TPSA) is 112 Å². The molecule has 2 spiro atoms. The monoisotopic (exact) mass is 589 g/mol. The first-order valence-corrected chi connectivity index (χ1v) is 14.0. The Morgan fingerprint density at radius 1 is 0.977 bits per heavy atom. The lowest BCUT2D eigenvalue weighted by molar-refractivity contribution is -0.155. The number of halogens is 3. The highest BCUT2D eigenvalue weighted by molar-refractivity contribution is 6.10. The van der Waals surface area contributed by atoms with Crippen molar-refractivity contribution in [3.63, 3.8) is 0 Å². The predicted octanol–water partition coefficient (Wildman–Crippen LogP) is 4.07. The number of fused-ring (bicyclic) bond motifs is 5. The van der Waals surface area contributed by atoms with E-state index in [2.05, 4.69) is 15.6 Å². The summed E-state index contributed by atoms with van der Waals surface area (Å²) in [6.07, 6.45) is -1.13. The molecule has 2 aliphatic heterocycles. The highest BCUT2D eigenvalue weighted by Gasteiger charge is 2.61. The van der Waals surface area contributed by atoms with E-state index in [9.17, 15) is 32.3 Å². The third-order valence-corrected chi connectivity index (χ3v) is 9.07. The summed E-state index contributed by atoms with van der Waals surface area (Å²) < 4.78 is 40.3. The van der Waals surface area contributed by atoms with E-state index in [1.54, 1.807) is 48.7 Å². The van der Waals surface area contributed by atoms with Crippen LogP contribution in [0.5, 0.6) is 0 Å². The molecule has 2 aromatic carbocycles. The Hall–Kier alpha value is -4.74. The molecule has 5 amide bonds.